The Morgan fingerprint density at radius 2 is 2.00 bits per heavy atom. The third-order valence-electron chi connectivity index (χ3n) is 3.97. The van der Waals surface area contributed by atoms with Crippen LogP contribution >= 0.6 is 0 Å². The van der Waals surface area contributed by atoms with E-state index in [0.717, 1.165) is 11.7 Å². The first-order valence-corrected chi connectivity index (χ1v) is 10.7. The van der Waals surface area contributed by atoms with Crippen LogP contribution in [0.25, 0.3) is 0 Å². The fraction of sp³-hybridized carbons (Fsp3) is 0.611. The number of alkyl halides is 2. The van der Waals surface area contributed by atoms with Gasteiger partial charge in [-0.25, -0.2) is 22.2 Å². The van der Waals surface area contributed by atoms with Gasteiger partial charge in [-0.15, -0.1) is 0 Å². The molecule has 2 rings (SSSR count). The minimum Gasteiger partial charge on any atom is -0.473 e. The lowest BCUT2D eigenvalue weighted by Gasteiger charge is -2.35. The van der Waals surface area contributed by atoms with Gasteiger partial charge in [-0.05, 0) is 6.92 Å². The largest absolute Gasteiger partial charge is 0.473 e. The fourth-order valence-electron chi connectivity index (χ4n) is 2.41. The quantitative estimate of drug-likeness (QED) is 0.764. The Balaban J connectivity index is 2.23. The monoisotopic (exact) mass is 417 g/mol. The highest BCUT2D eigenvalue weighted by atomic mass is 32.2. The number of aromatic nitrogens is 2. The molecule has 1 saturated carbocycles. The van der Waals surface area contributed by atoms with Crippen molar-refractivity contribution in [2.75, 3.05) is 6.26 Å². The lowest BCUT2D eigenvalue weighted by atomic mass is 9.91. The number of rotatable bonds is 6. The summed E-state index contributed by atoms with van der Waals surface area (Å²) in [5.41, 5.74) is -0.426. The van der Waals surface area contributed by atoms with E-state index in [1.807, 2.05) is 20.8 Å². The number of ether oxygens (including phenoxy) is 1. The molecule has 28 heavy (non-hydrogen) atoms. The molecular weight excluding hydrogens is 392 g/mol. The van der Waals surface area contributed by atoms with Crippen LogP contribution in [0.1, 0.15) is 56.7 Å². The predicted octanol–water partition coefficient (Wildman–Crippen LogP) is 2.63. The van der Waals surface area contributed by atoms with Crippen LogP contribution in [0.15, 0.2) is 17.7 Å². The summed E-state index contributed by atoms with van der Waals surface area (Å²) in [6.07, 6.45) is 2.06. The molecule has 0 aromatic carbocycles. The topological polar surface area (TPSA) is 98.2 Å². The van der Waals surface area contributed by atoms with Gasteiger partial charge in [-0.3, -0.25) is 4.79 Å². The first kappa shape index (κ1) is 22.2. The third-order valence-corrected chi connectivity index (χ3v) is 4.62. The van der Waals surface area contributed by atoms with Crippen LogP contribution in [0.2, 0.25) is 0 Å². The molecule has 1 aliphatic rings. The molecule has 0 bridgehead atoms. The first-order valence-electron chi connectivity index (χ1n) is 8.77. The van der Waals surface area contributed by atoms with E-state index in [2.05, 4.69) is 15.3 Å². The average molecular weight is 417 g/mol. The standard InChI is InChI=1S/C18H25F2N3O4S/c1-11(6-7-28(5,25)26)22-14(24)13-10-21-16(17(2,3)4)23-15(13)27-12-8-18(19,20)9-12/h6-7,10-12H,8-9H2,1-5H3,(H,22,24)/b7-6+/t11-/m0/s1. The zero-order valence-electron chi connectivity index (χ0n) is 16.5. The second-order valence-corrected chi connectivity index (χ2v) is 10.0. The minimum absolute atomic E-state index is 0.00261. The number of nitrogens with zero attached hydrogens (tertiary/aromatic N) is 2. The molecule has 0 spiro atoms. The summed E-state index contributed by atoms with van der Waals surface area (Å²) in [6, 6.07) is -0.592. The normalized spacial score (nSPS) is 18.5. The highest BCUT2D eigenvalue weighted by Gasteiger charge is 2.47. The van der Waals surface area contributed by atoms with Crippen LogP contribution in [0.4, 0.5) is 8.78 Å². The molecule has 1 aromatic heterocycles. The van der Waals surface area contributed by atoms with Crippen LogP contribution in [-0.2, 0) is 15.3 Å². The van der Waals surface area contributed by atoms with Gasteiger partial charge in [0.25, 0.3) is 11.8 Å². The molecule has 1 N–H and O–H groups in total. The third kappa shape index (κ3) is 6.22. The summed E-state index contributed by atoms with van der Waals surface area (Å²) in [5.74, 6) is -3.00. The first-order chi connectivity index (χ1) is 12.7. The van der Waals surface area contributed by atoms with Crippen molar-refractivity contribution in [2.45, 2.75) is 64.0 Å². The van der Waals surface area contributed by atoms with E-state index in [1.54, 1.807) is 6.92 Å². The van der Waals surface area contributed by atoms with E-state index in [4.69, 9.17) is 4.74 Å². The Bertz CT molecular complexity index is 871. The van der Waals surface area contributed by atoms with Gasteiger partial charge in [-0.1, -0.05) is 26.8 Å². The van der Waals surface area contributed by atoms with Gasteiger partial charge in [0.05, 0.1) is 0 Å². The SMILES string of the molecule is C[C@@H](/C=C/S(C)(=O)=O)NC(=O)c1cnc(C(C)(C)C)nc1OC1CC(F)(F)C1. The van der Waals surface area contributed by atoms with E-state index < -0.39 is 52.1 Å². The molecule has 1 fully saturated rings. The van der Waals surface area contributed by atoms with E-state index in [0.29, 0.717) is 5.82 Å². The molecule has 7 nitrogen and oxygen atoms in total. The molecule has 0 radical (unpaired) electrons. The Hall–Kier alpha value is -2.10. The Morgan fingerprint density at radius 1 is 1.39 bits per heavy atom. The van der Waals surface area contributed by atoms with Crippen LogP contribution in [0.5, 0.6) is 5.88 Å². The van der Waals surface area contributed by atoms with E-state index in [-0.39, 0.29) is 11.4 Å². The average Bonchev–Trinajstić information content (AvgIpc) is 2.49. The number of hydrogen-bond donors (Lipinski definition) is 1. The van der Waals surface area contributed by atoms with Crippen molar-refractivity contribution < 1.29 is 26.7 Å². The molecule has 10 heteroatoms. The minimum atomic E-state index is -3.32. The maximum Gasteiger partial charge on any atom is 0.258 e. The second kappa shape index (κ2) is 7.73. The van der Waals surface area contributed by atoms with Crippen molar-refractivity contribution in [3.05, 3.63) is 29.1 Å². The maximum atomic E-state index is 13.1. The Labute approximate surface area is 163 Å². The zero-order valence-corrected chi connectivity index (χ0v) is 17.3. The van der Waals surface area contributed by atoms with Gasteiger partial charge in [0.2, 0.25) is 5.88 Å². The summed E-state index contributed by atoms with van der Waals surface area (Å²) >= 11 is 0. The molecule has 1 aromatic rings. The summed E-state index contributed by atoms with van der Waals surface area (Å²) in [4.78, 5) is 21.0. The number of nitrogens with one attached hydrogen (secondary N) is 1. The molecule has 156 valence electrons. The Morgan fingerprint density at radius 3 is 2.50 bits per heavy atom. The van der Waals surface area contributed by atoms with Gasteiger partial charge in [0.1, 0.15) is 17.5 Å². The molecule has 1 atom stereocenters. The lowest BCUT2D eigenvalue weighted by molar-refractivity contribution is -0.135. The van der Waals surface area contributed by atoms with E-state index in [1.165, 1.54) is 12.3 Å². The number of carbonyl (C=O) groups excluding carboxylic acids is 1. The number of amides is 1. The number of hydrogen-bond acceptors (Lipinski definition) is 6. The lowest BCUT2D eigenvalue weighted by Crippen LogP contribution is -2.43. The van der Waals surface area contributed by atoms with Crippen LogP contribution in [0.3, 0.4) is 0 Å². The summed E-state index contributed by atoms with van der Waals surface area (Å²) in [6.45, 7) is 7.22. The number of carbonyl (C=O) groups is 1. The molecule has 1 heterocycles. The van der Waals surface area contributed by atoms with Crippen molar-refractivity contribution in [3.63, 3.8) is 0 Å². The number of sulfone groups is 1. The van der Waals surface area contributed by atoms with Gasteiger partial charge >= 0.3 is 0 Å². The fourth-order valence-corrected chi connectivity index (χ4v) is 2.94. The highest BCUT2D eigenvalue weighted by molar-refractivity contribution is 7.93. The molecule has 1 aliphatic carbocycles. The van der Waals surface area contributed by atoms with Crippen LogP contribution < -0.4 is 10.1 Å². The van der Waals surface area contributed by atoms with Crippen LogP contribution in [-0.4, -0.2) is 48.6 Å². The van der Waals surface area contributed by atoms with Gasteiger partial charge in [0, 0.05) is 42.2 Å². The maximum absolute atomic E-state index is 13.1. The van der Waals surface area contributed by atoms with Crippen molar-refractivity contribution in [2.24, 2.45) is 0 Å². The van der Waals surface area contributed by atoms with Gasteiger partial charge in [-0.2, -0.15) is 4.98 Å². The van der Waals surface area contributed by atoms with Gasteiger partial charge in [0.15, 0.2) is 9.84 Å². The van der Waals surface area contributed by atoms with Crippen LogP contribution in [0, 0.1) is 0 Å². The highest BCUT2D eigenvalue weighted by Crippen LogP contribution is 2.40. The second-order valence-electron chi connectivity index (χ2n) is 8.09. The summed E-state index contributed by atoms with van der Waals surface area (Å²) in [5, 5.41) is 3.59. The van der Waals surface area contributed by atoms with Crippen molar-refractivity contribution in [1.29, 1.82) is 0 Å². The van der Waals surface area contributed by atoms with Gasteiger partial charge < -0.3 is 10.1 Å². The summed E-state index contributed by atoms with van der Waals surface area (Å²) < 4.78 is 54.2. The molecule has 1 amide bonds. The molecular formula is C18H25F2N3O4S. The molecule has 0 unspecified atom stereocenters. The van der Waals surface area contributed by atoms with Crippen molar-refractivity contribution >= 4 is 15.7 Å². The van der Waals surface area contributed by atoms with Crippen molar-refractivity contribution in [1.82, 2.24) is 15.3 Å². The molecule has 0 aliphatic heterocycles. The number of halogens is 2. The smallest absolute Gasteiger partial charge is 0.258 e. The van der Waals surface area contributed by atoms with E-state index in [9.17, 15) is 22.0 Å². The zero-order chi connectivity index (χ0) is 21.3. The Kier molecular flexibility index (Phi) is 6.13. The molecule has 0 saturated heterocycles. The van der Waals surface area contributed by atoms with E-state index >= 15 is 0 Å². The predicted molar refractivity (Wildman–Crippen MR) is 100 cm³/mol. The van der Waals surface area contributed by atoms with Crippen molar-refractivity contribution in [3.8, 4) is 5.88 Å². The summed E-state index contributed by atoms with van der Waals surface area (Å²) in [7, 11) is -3.32.